The van der Waals surface area contributed by atoms with E-state index in [4.69, 9.17) is 9.47 Å². The molecule has 0 spiro atoms. The number of carbonyl (C=O) groups excluding carboxylic acids is 1. The van der Waals surface area contributed by atoms with Gasteiger partial charge >= 0.3 is 0 Å². The highest BCUT2D eigenvalue weighted by atomic mass is 16.5. The predicted octanol–water partition coefficient (Wildman–Crippen LogP) is 2.81. The van der Waals surface area contributed by atoms with E-state index in [1.807, 2.05) is 48.5 Å². The Bertz CT molecular complexity index is 609. The first-order chi connectivity index (χ1) is 9.76. The van der Waals surface area contributed by atoms with Gasteiger partial charge in [0, 0.05) is 12.8 Å². The number of hydrogen-bond acceptors (Lipinski definition) is 3. The van der Waals surface area contributed by atoms with Gasteiger partial charge in [-0.25, -0.2) is 0 Å². The maximum Gasteiger partial charge on any atom is 0.177 e. The highest BCUT2D eigenvalue weighted by Gasteiger charge is 2.28. The van der Waals surface area contributed by atoms with Crippen molar-refractivity contribution in [2.75, 3.05) is 7.11 Å². The van der Waals surface area contributed by atoms with Gasteiger partial charge in [0.25, 0.3) is 0 Å². The summed E-state index contributed by atoms with van der Waals surface area (Å²) in [6.45, 7) is 0. The lowest BCUT2D eigenvalue weighted by molar-refractivity contribution is -0.124. The lowest BCUT2D eigenvalue weighted by atomic mass is 10.0. The van der Waals surface area contributed by atoms with Crippen LogP contribution in [-0.4, -0.2) is 19.0 Å². The Morgan fingerprint density at radius 2 is 2.10 bits per heavy atom. The first-order valence-corrected chi connectivity index (χ1v) is 6.66. The number of para-hydroxylation sites is 1. The summed E-state index contributed by atoms with van der Waals surface area (Å²) in [4.78, 5) is 12.3. The largest absolute Gasteiger partial charge is 0.497 e. The Kier molecular flexibility index (Phi) is 3.42. The van der Waals surface area contributed by atoms with Crippen molar-refractivity contribution in [3.8, 4) is 11.5 Å². The van der Waals surface area contributed by atoms with Crippen LogP contribution >= 0.6 is 0 Å². The smallest absolute Gasteiger partial charge is 0.177 e. The fourth-order valence-electron chi connectivity index (χ4n) is 2.46. The number of ketones is 1. The van der Waals surface area contributed by atoms with Crippen molar-refractivity contribution in [2.24, 2.45) is 0 Å². The van der Waals surface area contributed by atoms with Gasteiger partial charge in [0.15, 0.2) is 11.9 Å². The maximum atomic E-state index is 12.3. The molecule has 0 N–H and O–H groups in total. The second-order valence-electron chi connectivity index (χ2n) is 4.91. The van der Waals surface area contributed by atoms with E-state index in [2.05, 4.69) is 0 Å². The van der Waals surface area contributed by atoms with E-state index in [-0.39, 0.29) is 11.9 Å². The van der Waals surface area contributed by atoms with Crippen LogP contribution in [0.15, 0.2) is 48.5 Å². The van der Waals surface area contributed by atoms with Gasteiger partial charge in [0.2, 0.25) is 0 Å². The molecule has 20 heavy (non-hydrogen) atoms. The molecule has 3 nitrogen and oxygen atoms in total. The summed E-state index contributed by atoms with van der Waals surface area (Å²) in [5, 5.41) is 0. The van der Waals surface area contributed by atoms with Gasteiger partial charge in [-0.05, 0) is 29.3 Å². The van der Waals surface area contributed by atoms with Crippen LogP contribution in [0, 0.1) is 0 Å². The Labute approximate surface area is 118 Å². The summed E-state index contributed by atoms with van der Waals surface area (Å²) < 4.78 is 10.9. The third-order valence-electron chi connectivity index (χ3n) is 3.52. The SMILES string of the molecule is COc1cccc(CC(=O)C2Cc3ccccc3O2)c1. The number of hydrogen-bond donors (Lipinski definition) is 0. The number of Topliss-reactive ketones (excluding diaryl/α,β-unsaturated/α-hetero) is 1. The highest BCUT2D eigenvalue weighted by molar-refractivity contribution is 5.86. The van der Waals surface area contributed by atoms with Crippen LogP contribution in [-0.2, 0) is 17.6 Å². The average Bonchev–Trinajstić information content (AvgIpc) is 2.91. The zero-order valence-electron chi connectivity index (χ0n) is 11.3. The first-order valence-electron chi connectivity index (χ1n) is 6.66. The Hall–Kier alpha value is -2.29. The van der Waals surface area contributed by atoms with E-state index >= 15 is 0 Å². The number of carbonyl (C=O) groups is 1. The minimum atomic E-state index is -0.362. The van der Waals surface area contributed by atoms with Crippen molar-refractivity contribution in [3.05, 3.63) is 59.7 Å². The second-order valence-corrected chi connectivity index (χ2v) is 4.91. The van der Waals surface area contributed by atoms with E-state index in [0.717, 1.165) is 22.6 Å². The molecule has 0 saturated heterocycles. The molecule has 0 aromatic heterocycles. The minimum Gasteiger partial charge on any atom is -0.497 e. The topological polar surface area (TPSA) is 35.5 Å². The first kappa shape index (κ1) is 12.7. The van der Waals surface area contributed by atoms with Crippen LogP contribution in [0.25, 0.3) is 0 Å². The Morgan fingerprint density at radius 1 is 1.25 bits per heavy atom. The molecular weight excluding hydrogens is 252 g/mol. The normalized spacial score (nSPS) is 16.4. The summed E-state index contributed by atoms with van der Waals surface area (Å²) in [5.41, 5.74) is 2.06. The minimum absolute atomic E-state index is 0.106. The molecule has 0 aliphatic carbocycles. The molecule has 0 saturated carbocycles. The molecular formula is C17H16O3. The van der Waals surface area contributed by atoms with Gasteiger partial charge in [0.05, 0.1) is 7.11 Å². The van der Waals surface area contributed by atoms with Crippen LogP contribution in [0.3, 0.4) is 0 Å². The van der Waals surface area contributed by atoms with Gasteiger partial charge in [-0.3, -0.25) is 4.79 Å². The number of fused-ring (bicyclic) bond motifs is 1. The number of rotatable bonds is 4. The molecule has 0 amide bonds. The highest BCUT2D eigenvalue weighted by Crippen LogP contribution is 2.29. The standard InChI is InChI=1S/C17H16O3/c1-19-14-7-4-5-12(9-14)10-15(18)17-11-13-6-2-3-8-16(13)20-17/h2-9,17H,10-11H2,1H3. The van der Waals surface area contributed by atoms with Gasteiger partial charge < -0.3 is 9.47 Å². The molecule has 1 atom stereocenters. The van der Waals surface area contributed by atoms with Crippen molar-refractivity contribution >= 4 is 5.78 Å². The molecule has 3 rings (SSSR count). The lowest BCUT2D eigenvalue weighted by Gasteiger charge is -2.10. The van der Waals surface area contributed by atoms with E-state index < -0.39 is 0 Å². The molecule has 1 aliphatic heterocycles. The molecule has 102 valence electrons. The van der Waals surface area contributed by atoms with E-state index in [0.29, 0.717) is 12.8 Å². The molecule has 2 aromatic rings. The summed E-state index contributed by atoms with van der Waals surface area (Å²) in [6.07, 6.45) is 0.674. The lowest BCUT2D eigenvalue weighted by Crippen LogP contribution is -2.26. The number of benzene rings is 2. The maximum absolute atomic E-state index is 12.3. The van der Waals surface area contributed by atoms with Gasteiger partial charge in [0.1, 0.15) is 11.5 Å². The summed E-state index contributed by atoms with van der Waals surface area (Å²) in [6, 6.07) is 15.4. The van der Waals surface area contributed by atoms with E-state index in [9.17, 15) is 4.79 Å². The van der Waals surface area contributed by atoms with Crippen LogP contribution in [0.5, 0.6) is 11.5 Å². The molecule has 1 unspecified atom stereocenters. The molecule has 1 aliphatic rings. The van der Waals surface area contributed by atoms with Crippen LogP contribution in [0.2, 0.25) is 0 Å². The van der Waals surface area contributed by atoms with Crippen LogP contribution in [0.1, 0.15) is 11.1 Å². The zero-order valence-corrected chi connectivity index (χ0v) is 11.3. The fraction of sp³-hybridized carbons (Fsp3) is 0.235. The Balaban J connectivity index is 1.69. The number of ether oxygens (including phenoxy) is 2. The van der Waals surface area contributed by atoms with Crippen LogP contribution < -0.4 is 9.47 Å². The average molecular weight is 268 g/mol. The molecule has 1 heterocycles. The van der Waals surface area contributed by atoms with Gasteiger partial charge in [-0.1, -0.05) is 30.3 Å². The molecule has 0 bridgehead atoms. The molecule has 3 heteroatoms. The third-order valence-corrected chi connectivity index (χ3v) is 3.52. The van der Waals surface area contributed by atoms with Crippen LogP contribution in [0.4, 0.5) is 0 Å². The monoisotopic (exact) mass is 268 g/mol. The van der Waals surface area contributed by atoms with Gasteiger partial charge in [-0.15, -0.1) is 0 Å². The van der Waals surface area contributed by atoms with Crippen molar-refractivity contribution in [3.63, 3.8) is 0 Å². The molecule has 0 radical (unpaired) electrons. The van der Waals surface area contributed by atoms with E-state index in [1.165, 1.54) is 0 Å². The predicted molar refractivity (Wildman–Crippen MR) is 76.3 cm³/mol. The number of methoxy groups -OCH3 is 1. The van der Waals surface area contributed by atoms with E-state index in [1.54, 1.807) is 7.11 Å². The second kappa shape index (κ2) is 5.37. The van der Waals surface area contributed by atoms with Crippen molar-refractivity contribution in [2.45, 2.75) is 18.9 Å². The van der Waals surface area contributed by atoms with Gasteiger partial charge in [-0.2, -0.15) is 0 Å². The summed E-state index contributed by atoms with van der Waals surface area (Å²) >= 11 is 0. The molecule has 2 aromatic carbocycles. The Morgan fingerprint density at radius 3 is 2.90 bits per heavy atom. The summed E-state index contributed by atoms with van der Waals surface area (Å²) in [5.74, 6) is 1.71. The van der Waals surface area contributed by atoms with Crippen molar-refractivity contribution in [1.82, 2.24) is 0 Å². The van der Waals surface area contributed by atoms with Crippen molar-refractivity contribution in [1.29, 1.82) is 0 Å². The third kappa shape index (κ3) is 2.52. The van der Waals surface area contributed by atoms with Crippen molar-refractivity contribution < 1.29 is 14.3 Å². The fourth-order valence-corrected chi connectivity index (χ4v) is 2.46. The quantitative estimate of drug-likeness (QED) is 0.855. The summed E-state index contributed by atoms with van der Waals surface area (Å²) in [7, 11) is 1.62. The zero-order chi connectivity index (χ0) is 13.9. The molecule has 0 fully saturated rings.